The maximum atomic E-state index is 14.7. The quantitative estimate of drug-likeness (QED) is 0.0130. The van der Waals surface area contributed by atoms with Crippen molar-refractivity contribution in [1.82, 2.24) is 36.1 Å². The van der Waals surface area contributed by atoms with Gasteiger partial charge in [-0.15, -0.1) is 0 Å². The second-order valence-corrected chi connectivity index (χ2v) is 31.4. The van der Waals surface area contributed by atoms with Crippen molar-refractivity contribution in [2.45, 2.75) is 185 Å². The van der Waals surface area contributed by atoms with Gasteiger partial charge < -0.3 is 56.1 Å². The number of nitrogens with one attached hydrogen (secondary N) is 4. The standard InChI is InChI=1S/C48H52F2N4O11.C41H47F2N3O11.C2H6.CH4/c1-25(2)31(20-39(55)36-16-14-28-9-6-7-12-35(28)51-36)46(62)52-37(22-42(58)59)40(56)21-32(26(3)4)48(64)54-18-17-29-19-27(5)13-15-30(29)44(54)47(63)53-38(23-43(60)61)41(57)24-65-45-33(49)10-8-11-34(45)50;1-21(2)26(40(55)44-23(5)33(47)15-25(16-37(51)52)36(50)20-57-39-28(42)10-8-11-29(39)43)18-35(49)32(19-38(53)54)46-41(56)27(22(3)4)17-34(48)31-14-13-24-9-6-7-12-30(24)45-31;1-2;/h6-16,19,25-26,31-32,37-38,44H,17-18,20-24H2,1-5H3,(H,52,62)(H,53,63)(H,58,59)(H,60,61);6-14,21-23,25-27,32H,15-20H2,1-5H3,(H,44,55)(H,46,56)(H,51,52)(H,53,54);1-2H3;1H4/t31-,32-,37-,38-,44-;23-,25-,26-,27-,32-;;/m00../s1/i;;;1D. The highest BCUT2D eigenvalue weighted by Gasteiger charge is 2.44. The van der Waals surface area contributed by atoms with E-state index < -0.39 is 270 Å². The van der Waals surface area contributed by atoms with Crippen molar-refractivity contribution in [3.63, 3.8) is 0 Å². The third-order valence-corrected chi connectivity index (χ3v) is 21.0. The van der Waals surface area contributed by atoms with Gasteiger partial charge in [-0.1, -0.05) is 161 Å². The minimum absolute atomic E-state index is 0.0521. The van der Waals surface area contributed by atoms with Gasteiger partial charge in [0.25, 0.3) is 0 Å². The Morgan fingerprint density at radius 2 is 0.824 bits per heavy atom. The first-order valence-electron chi connectivity index (χ1n) is 41.6. The van der Waals surface area contributed by atoms with E-state index in [1.54, 1.807) is 116 Å². The smallest absolute Gasteiger partial charge is 0.305 e. The highest BCUT2D eigenvalue weighted by molar-refractivity contribution is 6.03. The molecule has 0 saturated carbocycles. The van der Waals surface area contributed by atoms with E-state index in [9.17, 15) is 115 Å². The molecule has 0 fully saturated rings. The number of hydrogen-bond donors (Lipinski definition) is 8. The monoisotopic (exact) mass is 1740 g/mol. The highest BCUT2D eigenvalue weighted by Crippen LogP contribution is 2.36. The fraction of sp³-hybridized carbons (Fsp3) is 0.435. The molecule has 1 aliphatic heterocycles. The van der Waals surface area contributed by atoms with Gasteiger partial charge in [-0.25, -0.2) is 27.5 Å². The predicted octanol–water partition coefficient (Wildman–Crippen LogP) is 12.0. The third kappa shape index (κ3) is 29.7. The fourth-order valence-corrected chi connectivity index (χ4v) is 13.9. The zero-order chi connectivity index (χ0) is 94.3. The Labute approximate surface area is 722 Å². The van der Waals surface area contributed by atoms with Crippen LogP contribution in [-0.2, 0) is 73.5 Å². The molecule has 3 heterocycles. The number of nitrogens with zero attached hydrogens (tertiary/aromatic N) is 3. The molecule has 5 aromatic carbocycles. The summed E-state index contributed by atoms with van der Waals surface area (Å²) in [6, 6.07) is 24.1. The van der Waals surface area contributed by atoms with Gasteiger partial charge >= 0.3 is 23.9 Å². The summed E-state index contributed by atoms with van der Waals surface area (Å²) in [4.78, 5) is 221. The molecular weight excluding hydrogens is 1630 g/mol. The van der Waals surface area contributed by atoms with Crippen LogP contribution in [0.3, 0.4) is 0 Å². The number of carbonyl (C=O) groups is 16. The number of carboxylic acid groups (broad SMARTS) is 4. The van der Waals surface area contributed by atoms with Crippen molar-refractivity contribution in [3.8, 4) is 11.5 Å². The summed E-state index contributed by atoms with van der Waals surface area (Å²) in [7, 11) is 1.25. The number of pyridine rings is 2. The molecular formula is C92H109F4N7O22. The lowest BCUT2D eigenvalue weighted by Crippen LogP contribution is -2.54. The summed E-state index contributed by atoms with van der Waals surface area (Å²) in [6.07, 6.45) is -5.48. The number of benzene rings is 5. The van der Waals surface area contributed by atoms with Gasteiger partial charge in [0, 0.05) is 80.4 Å². The summed E-state index contributed by atoms with van der Waals surface area (Å²) in [5.74, 6) is -28.6. The van der Waals surface area contributed by atoms with Crippen LogP contribution in [0.25, 0.3) is 21.8 Å². The predicted molar refractivity (Wildman–Crippen MR) is 451 cm³/mol. The van der Waals surface area contributed by atoms with Crippen LogP contribution >= 0.6 is 0 Å². The second kappa shape index (κ2) is 48.3. The Morgan fingerprint density at radius 3 is 1.24 bits per heavy atom. The summed E-state index contributed by atoms with van der Waals surface area (Å²) >= 11 is 0. The molecule has 33 heteroatoms. The number of aryl methyl sites for hydroxylation is 1. The van der Waals surface area contributed by atoms with Crippen LogP contribution in [0.1, 0.15) is 186 Å². The van der Waals surface area contributed by atoms with Crippen LogP contribution in [0.2, 0.25) is 0 Å². The molecule has 1 aliphatic rings. The van der Waals surface area contributed by atoms with Gasteiger partial charge in [-0.05, 0) is 104 Å². The number of ketones is 7. The van der Waals surface area contributed by atoms with Crippen molar-refractivity contribution < 1.29 is 126 Å². The van der Waals surface area contributed by atoms with Crippen LogP contribution < -0.4 is 30.7 Å². The lowest BCUT2D eigenvalue weighted by atomic mass is 9.84. The maximum Gasteiger partial charge on any atom is 0.305 e. The number of aliphatic carboxylic acids is 4. The van der Waals surface area contributed by atoms with Crippen molar-refractivity contribution in [1.29, 1.82) is 0 Å². The van der Waals surface area contributed by atoms with Gasteiger partial charge in [-0.3, -0.25) is 76.7 Å². The van der Waals surface area contributed by atoms with E-state index in [-0.39, 0.29) is 37.2 Å². The van der Waals surface area contributed by atoms with Crippen LogP contribution in [-0.4, -0.2) is 173 Å². The zero-order valence-corrected chi connectivity index (χ0v) is 71.9. The molecule has 0 saturated heterocycles. The molecule has 0 aliphatic carbocycles. The number of Topliss-reactive ketones (excluding diaryl/α,β-unsaturated/α-hetero) is 7. The summed E-state index contributed by atoms with van der Waals surface area (Å²) in [5.41, 5.74) is 3.32. The number of carboxylic acids is 4. The van der Waals surface area contributed by atoms with Crippen molar-refractivity contribution >= 4 is 116 Å². The SMILES string of the molecule is CC.CC(C)[C@H](CC(=O)[C@H](CC(=O)O)NC(=O)[C@@H](CC(=O)c1ccc2ccccc2n1)C(C)C)C(=O)N[C@@H](C)C(=O)C[C@@H](CC(=O)O)C(=O)COc1c(F)cccc1F.Cc1ccc2c(c1)CCN(C(=O)[C@@H](CC(=O)[C@H](CC(=O)O)NC(=O)[C@@H](CC(=O)c1ccc3ccccc3n1)C(C)C)C(C)C)[C@@H]2C(=O)N[C@@H](CC(=O)O)C(=O)COc1c(F)cccc1F.[2H]C. The average molecular weight is 1740 g/mol. The van der Waals surface area contributed by atoms with Crippen molar-refractivity contribution in [2.75, 3.05) is 19.8 Å². The molecule has 672 valence electrons. The topological polar surface area (TPSA) is 450 Å². The van der Waals surface area contributed by atoms with E-state index in [1.807, 2.05) is 51.1 Å². The van der Waals surface area contributed by atoms with Crippen molar-refractivity contribution in [2.24, 2.45) is 53.3 Å². The van der Waals surface area contributed by atoms with Crippen LogP contribution in [0, 0.1) is 83.5 Å². The molecule has 8 N–H and O–H groups in total. The largest absolute Gasteiger partial charge is 0.481 e. The Hall–Kier alpha value is -12.8. The fourth-order valence-electron chi connectivity index (χ4n) is 13.9. The minimum Gasteiger partial charge on any atom is -0.481 e. The second-order valence-electron chi connectivity index (χ2n) is 31.4. The number of aromatic nitrogens is 2. The van der Waals surface area contributed by atoms with Crippen LogP contribution in [0.15, 0.2) is 127 Å². The molecule has 10 atom stereocenters. The third-order valence-electron chi connectivity index (χ3n) is 21.0. The molecule has 8 rings (SSSR count). The summed E-state index contributed by atoms with van der Waals surface area (Å²) in [5, 5.41) is 50.0. The number of fused-ring (bicyclic) bond motifs is 3. The van der Waals surface area contributed by atoms with Gasteiger partial charge in [0.15, 0.2) is 75.3 Å². The molecule has 125 heavy (non-hydrogen) atoms. The zero-order valence-electron chi connectivity index (χ0n) is 72.9. The first kappa shape index (κ1) is 101. The van der Waals surface area contributed by atoms with Gasteiger partial charge in [0.1, 0.15) is 36.7 Å². The number of halogens is 4. The van der Waals surface area contributed by atoms with Gasteiger partial charge in [0.2, 0.25) is 29.5 Å². The number of rotatable bonds is 44. The van der Waals surface area contributed by atoms with E-state index in [0.717, 1.165) is 52.7 Å². The number of hydrogen-bond acceptors (Lipinski definition) is 20. The maximum absolute atomic E-state index is 14.7. The Kier molecular flexibility index (Phi) is 39.0. The highest BCUT2D eigenvalue weighted by atomic mass is 19.1. The summed E-state index contributed by atoms with van der Waals surface area (Å²) < 4.78 is 72.2. The number of ether oxygens (including phenoxy) is 2. The Bertz CT molecular complexity index is 5080. The molecule has 5 amide bonds. The van der Waals surface area contributed by atoms with E-state index >= 15 is 0 Å². The minimum atomic E-state index is -1.76. The van der Waals surface area contributed by atoms with Gasteiger partial charge in [-0.2, -0.15) is 0 Å². The lowest BCUT2D eigenvalue weighted by Gasteiger charge is -2.39. The van der Waals surface area contributed by atoms with Gasteiger partial charge in [0.05, 0.1) is 54.8 Å². The van der Waals surface area contributed by atoms with E-state index in [0.29, 0.717) is 22.2 Å². The lowest BCUT2D eigenvalue weighted by molar-refractivity contribution is -0.148. The number of para-hydroxylation sites is 4. The molecule has 2 aromatic heterocycles. The Morgan fingerprint density at radius 1 is 0.440 bits per heavy atom. The number of amides is 5. The molecule has 0 bridgehead atoms. The molecule has 29 nitrogen and oxygen atoms in total. The normalized spacial score (nSPS) is 14.4. The van der Waals surface area contributed by atoms with Crippen LogP contribution in [0.4, 0.5) is 17.6 Å². The molecule has 7 aromatic rings. The van der Waals surface area contributed by atoms with Crippen molar-refractivity contribution in [3.05, 3.63) is 179 Å². The van der Waals surface area contributed by atoms with Crippen LogP contribution in [0.5, 0.6) is 11.5 Å². The van der Waals surface area contributed by atoms with E-state index in [1.165, 1.54) is 19.2 Å². The molecule has 0 radical (unpaired) electrons. The van der Waals surface area contributed by atoms with E-state index in [2.05, 4.69) is 31.2 Å². The van der Waals surface area contributed by atoms with E-state index in [4.69, 9.17) is 10.8 Å². The number of carbonyl (C=O) groups excluding carboxylic acids is 12. The average Bonchev–Trinajstić information content (AvgIpc) is 0.768. The molecule has 0 spiro atoms. The molecule has 0 unspecified atom stereocenters. The summed E-state index contributed by atoms with van der Waals surface area (Å²) in [6.45, 7) is 18.4. The Balaban J connectivity index is 0.000000434. The first-order chi connectivity index (χ1) is 59.5. The first-order valence-corrected chi connectivity index (χ1v) is 40.6.